The molecule has 0 aromatic heterocycles. The molecule has 104 valence electrons. The van der Waals surface area contributed by atoms with Crippen LogP contribution in [-0.2, 0) is 13.2 Å². The average Bonchev–Trinajstić information content (AvgIpc) is 3.29. The van der Waals surface area contributed by atoms with Crippen LogP contribution in [0.15, 0.2) is 53.0 Å². The SMILES string of the molecule is Brc1ccc(OCc2cccc(CNC3CC3)c2)cc1. The Morgan fingerprint density at radius 3 is 2.55 bits per heavy atom. The van der Waals surface area contributed by atoms with Crippen molar-refractivity contribution in [1.82, 2.24) is 5.32 Å². The minimum Gasteiger partial charge on any atom is -0.489 e. The molecule has 0 aliphatic heterocycles. The number of rotatable bonds is 6. The van der Waals surface area contributed by atoms with Crippen LogP contribution in [0.1, 0.15) is 24.0 Å². The Balaban J connectivity index is 1.56. The number of ether oxygens (including phenoxy) is 1. The van der Waals surface area contributed by atoms with E-state index >= 15 is 0 Å². The van der Waals surface area contributed by atoms with Crippen molar-refractivity contribution < 1.29 is 4.74 Å². The van der Waals surface area contributed by atoms with Gasteiger partial charge in [0.05, 0.1) is 0 Å². The van der Waals surface area contributed by atoms with Gasteiger partial charge < -0.3 is 10.1 Å². The van der Waals surface area contributed by atoms with E-state index in [2.05, 4.69) is 45.5 Å². The molecule has 2 aromatic carbocycles. The molecule has 0 atom stereocenters. The summed E-state index contributed by atoms with van der Waals surface area (Å²) in [5.74, 6) is 0.898. The fourth-order valence-corrected chi connectivity index (χ4v) is 2.34. The van der Waals surface area contributed by atoms with Gasteiger partial charge in [0.2, 0.25) is 0 Å². The van der Waals surface area contributed by atoms with E-state index in [1.54, 1.807) is 0 Å². The quantitative estimate of drug-likeness (QED) is 0.852. The standard InChI is InChI=1S/C17H18BrNO/c18-15-4-8-17(9-5-15)20-12-14-3-1-2-13(10-14)11-19-16-6-7-16/h1-5,8-10,16,19H,6-7,11-12H2. The van der Waals surface area contributed by atoms with Gasteiger partial charge in [-0.1, -0.05) is 40.2 Å². The number of hydrogen-bond donors (Lipinski definition) is 1. The molecule has 1 fully saturated rings. The van der Waals surface area contributed by atoms with E-state index in [4.69, 9.17) is 4.74 Å². The summed E-state index contributed by atoms with van der Waals surface area (Å²) in [4.78, 5) is 0. The van der Waals surface area contributed by atoms with Crippen molar-refractivity contribution in [1.29, 1.82) is 0 Å². The minimum atomic E-state index is 0.610. The van der Waals surface area contributed by atoms with Crippen LogP contribution in [0.2, 0.25) is 0 Å². The molecule has 0 unspecified atom stereocenters. The Morgan fingerprint density at radius 1 is 1.05 bits per heavy atom. The van der Waals surface area contributed by atoms with E-state index in [1.807, 2.05) is 24.3 Å². The molecular weight excluding hydrogens is 314 g/mol. The Bertz CT molecular complexity index is 563. The molecule has 1 N–H and O–H groups in total. The maximum Gasteiger partial charge on any atom is 0.119 e. The largest absolute Gasteiger partial charge is 0.489 e. The van der Waals surface area contributed by atoms with Crippen molar-refractivity contribution in [3.63, 3.8) is 0 Å². The first-order chi connectivity index (χ1) is 9.79. The summed E-state index contributed by atoms with van der Waals surface area (Å²) in [6.07, 6.45) is 2.65. The number of nitrogens with one attached hydrogen (secondary N) is 1. The second-order valence-corrected chi connectivity index (χ2v) is 6.13. The molecule has 0 saturated heterocycles. The van der Waals surface area contributed by atoms with Gasteiger partial charge in [0, 0.05) is 17.1 Å². The number of halogens is 1. The molecule has 3 rings (SSSR count). The topological polar surface area (TPSA) is 21.3 Å². The van der Waals surface area contributed by atoms with Crippen molar-refractivity contribution in [3.05, 3.63) is 64.1 Å². The van der Waals surface area contributed by atoms with Crippen molar-refractivity contribution in [2.75, 3.05) is 0 Å². The van der Waals surface area contributed by atoms with E-state index in [9.17, 15) is 0 Å². The molecule has 1 aliphatic rings. The molecule has 1 saturated carbocycles. The maximum atomic E-state index is 5.80. The van der Waals surface area contributed by atoms with E-state index in [0.29, 0.717) is 6.61 Å². The smallest absolute Gasteiger partial charge is 0.119 e. The maximum absolute atomic E-state index is 5.80. The molecular formula is C17H18BrNO. The number of benzene rings is 2. The molecule has 2 nitrogen and oxygen atoms in total. The zero-order chi connectivity index (χ0) is 13.8. The first kappa shape index (κ1) is 13.7. The highest BCUT2D eigenvalue weighted by molar-refractivity contribution is 9.10. The Hall–Kier alpha value is -1.32. The lowest BCUT2D eigenvalue weighted by Crippen LogP contribution is -2.15. The summed E-state index contributed by atoms with van der Waals surface area (Å²) in [6.45, 7) is 1.57. The van der Waals surface area contributed by atoms with E-state index in [0.717, 1.165) is 22.8 Å². The summed E-state index contributed by atoms with van der Waals surface area (Å²) < 4.78 is 6.87. The second-order valence-electron chi connectivity index (χ2n) is 5.22. The van der Waals surface area contributed by atoms with Crippen LogP contribution >= 0.6 is 15.9 Å². The van der Waals surface area contributed by atoms with Gasteiger partial charge in [-0.15, -0.1) is 0 Å². The molecule has 2 aromatic rings. The average molecular weight is 332 g/mol. The van der Waals surface area contributed by atoms with E-state index in [1.165, 1.54) is 24.0 Å². The summed E-state index contributed by atoms with van der Waals surface area (Å²) in [6, 6.07) is 17.3. The van der Waals surface area contributed by atoms with Crippen LogP contribution in [0.3, 0.4) is 0 Å². The Kier molecular flexibility index (Phi) is 4.38. The first-order valence-electron chi connectivity index (χ1n) is 6.99. The fraction of sp³-hybridized carbons (Fsp3) is 0.294. The van der Waals surface area contributed by atoms with E-state index < -0.39 is 0 Å². The van der Waals surface area contributed by atoms with Crippen LogP contribution in [0, 0.1) is 0 Å². The molecule has 0 spiro atoms. The van der Waals surface area contributed by atoms with Gasteiger partial charge >= 0.3 is 0 Å². The van der Waals surface area contributed by atoms with Gasteiger partial charge in [-0.3, -0.25) is 0 Å². The lowest BCUT2D eigenvalue weighted by atomic mass is 10.1. The van der Waals surface area contributed by atoms with Gasteiger partial charge in [0.25, 0.3) is 0 Å². The first-order valence-corrected chi connectivity index (χ1v) is 7.78. The number of hydrogen-bond acceptors (Lipinski definition) is 2. The van der Waals surface area contributed by atoms with E-state index in [-0.39, 0.29) is 0 Å². The van der Waals surface area contributed by atoms with Crippen LogP contribution in [0.25, 0.3) is 0 Å². The molecule has 0 heterocycles. The molecule has 0 bridgehead atoms. The normalized spacial score (nSPS) is 14.2. The predicted molar refractivity (Wildman–Crippen MR) is 84.8 cm³/mol. The molecule has 20 heavy (non-hydrogen) atoms. The zero-order valence-corrected chi connectivity index (χ0v) is 12.9. The monoisotopic (exact) mass is 331 g/mol. The van der Waals surface area contributed by atoms with Crippen LogP contribution in [0.4, 0.5) is 0 Å². The highest BCUT2D eigenvalue weighted by Gasteiger charge is 2.19. The van der Waals surface area contributed by atoms with Crippen molar-refractivity contribution in [3.8, 4) is 5.75 Å². The summed E-state index contributed by atoms with van der Waals surface area (Å²) in [5, 5.41) is 3.53. The minimum absolute atomic E-state index is 0.610. The highest BCUT2D eigenvalue weighted by Crippen LogP contribution is 2.20. The molecule has 3 heteroatoms. The van der Waals surface area contributed by atoms with Crippen molar-refractivity contribution >= 4 is 15.9 Å². The third-order valence-corrected chi connectivity index (χ3v) is 3.91. The third-order valence-electron chi connectivity index (χ3n) is 3.38. The van der Waals surface area contributed by atoms with Gasteiger partial charge in [-0.2, -0.15) is 0 Å². The molecule has 0 amide bonds. The Morgan fingerprint density at radius 2 is 1.80 bits per heavy atom. The van der Waals surface area contributed by atoms with Crippen molar-refractivity contribution in [2.45, 2.75) is 32.0 Å². The zero-order valence-electron chi connectivity index (χ0n) is 11.3. The van der Waals surface area contributed by atoms with Crippen LogP contribution in [-0.4, -0.2) is 6.04 Å². The predicted octanol–water partition coefficient (Wildman–Crippen LogP) is 4.28. The summed E-state index contributed by atoms with van der Waals surface area (Å²) in [5.41, 5.74) is 2.54. The molecule has 0 radical (unpaired) electrons. The lowest BCUT2D eigenvalue weighted by Gasteiger charge is -2.08. The van der Waals surface area contributed by atoms with Crippen LogP contribution < -0.4 is 10.1 Å². The van der Waals surface area contributed by atoms with Gasteiger partial charge in [0.1, 0.15) is 12.4 Å². The van der Waals surface area contributed by atoms with Gasteiger partial charge in [0.15, 0.2) is 0 Å². The molecule has 1 aliphatic carbocycles. The van der Waals surface area contributed by atoms with Gasteiger partial charge in [-0.25, -0.2) is 0 Å². The summed E-state index contributed by atoms with van der Waals surface area (Å²) in [7, 11) is 0. The highest BCUT2D eigenvalue weighted by atomic mass is 79.9. The fourth-order valence-electron chi connectivity index (χ4n) is 2.08. The second kappa shape index (κ2) is 6.42. The Labute approximate surface area is 128 Å². The van der Waals surface area contributed by atoms with Crippen LogP contribution in [0.5, 0.6) is 5.75 Å². The van der Waals surface area contributed by atoms with Crippen molar-refractivity contribution in [2.24, 2.45) is 0 Å². The lowest BCUT2D eigenvalue weighted by molar-refractivity contribution is 0.306. The van der Waals surface area contributed by atoms with Gasteiger partial charge in [-0.05, 0) is 48.2 Å². The summed E-state index contributed by atoms with van der Waals surface area (Å²) >= 11 is 3.42. The third kappa shape index (κ3) is 4.09.